The van der Waals surface area contributed by atoms with Crippen LogP contribution in [0.4, 0.5) is 0 Å². The zero-order valence-corrected chi connectivity index (χ0v) is 12.4. The second-order valence-electron chi connectivity index (χ2n) is 5.72. The van der Waals surface area contributed by atoms with Crippen LogP contribution in [0.2, 0.25) is 0 Å². The highest BCUT2D eigenvalue weighted by Crippen LogP contribution is 2.18. The summed E-state index contributed by atoms with van der Waals surface area (Å²) in [5.74, 6) is -0.0355. The largest absolute Gasteiger partial charge is 0.481 e. The Balaban J connectivity index is 1.84. The monoisotopic (exact) mass is 295 g/mol. The topological polar surface area (TPSA) is 96.5 Å². The van der Waals surface area contributed by atoms with Gasteiger partial charge in [0.1, 0.15) is 0 Å². The first kappa shape index (κ1) is 15.5. The summed E-state index contributed by atoms with van der Waals surface area (Å²) in [6.07, 6.45) is 2.04. The Morgan fingerprint density at radius 3 is 2.86 bits per heavy atom. The molecule has 0 spiro atoms. The fraction of sp³-hybridized carbons (Fsp3) is 0.714. The Hall–Kier alpha value is -1.92. The molecule has 7 nitrogen and oxygen atoms in total. The molecule has 7 heteroatoms. The Morgan fingerprint density at radius 2 is 2.24 bits per heavy atom. The molecule has 0 aromatic carbocycles. The minimum atomic E-state index is -0.828. The van der Waals surface area contributed by atoms with E-state index < -0.39 is 11.9 Å². The van der Waals surface area contributed by atoms with E-state index in [1.54, 1.807) is 4.90 Å². The van der Waals surface area contributed by atoms with Crippen LogP contribution in [-0.2, 0) is 16.0 Å². The van der Waals surface area contributed by atoms with E-state index in [1.807, 2.05) is 13.8 Å². The quantitative estimate of drug-likeness (QED) is 0.883. The lowest BCUT2D eigenvalue weighted by Gasteiger charge is -2.30. The van der Waals surface area contributed by atoms with Crippen LogP contribution in [0.1, 0.15) is 50.7 Å². The first-order valence-electron chi connectivity index (χ1n) is 7.30. The van der Waals surface area contributed by atoms with Crippen LogP contribution in [0, 0.1) is 5.92 Å². The van der Waals surface area contributed by atoms with E-state index in [0.717, 1.165) is 6.42 Å². The van der Waals surface area contributed by atoms with E-state index in [0.29, 0.717) is 37.6 Å². The van der Waals surface area contributed by atoms with Gasteiger partial charge in [-0.25, -0.2) is 0 Å². The predicted molar refractivity (Wildman–Crippen MR) is 73.6 cm³/mol. The van der Waals surface area contributed by atoms with Crippen molar-refractivity contribution in [1.29, 1.82) is 0 Å². The lowest BCUT2D eigenvalue weighted by Crippen LogP contribution is -2.42. The van der Waals surface area contributed by atoms with Gasteiger partial charge in [0.2, 0.25) is 11.8 Å². The summed E-state index contributed by atoms with van der Waals surface area (Å²) in [5.41, 5.74) is 0. The number of amides is 1. The van der Waals surface area contributed by atoms with E-state index >= 15 is 0 Å². The number of nitrogens with zero attached hydrogens (tertiary/aromatic N) is 3. The van der Waals surface area contributed by atoms with Gasteiger partial charge < -0.3 is 14.5 Å². The van der Waals surface area contributed by atoms with Gasteiger partial charge in [-0.05, 0) is 12.8 Å². The van der Waals surface area contributed by atoms with E-state index in [2.05, 4.69) is 10.1 Å². The molecule has 2 rings (SSSR count). The maximum Gasteiger partial charge on any atom is 0.308 e. The first-order chi connectivity index (χ1) is 9.97. The molecule has 0 saturated carbocycles. The number of hydrogen-bond donors (Lipinski definition) is 1. The van der Waals surface area contributed by atoms with Crippen molar-refractivity contribution < 1.29 is 19.2 Å². The number of aliphatic carboxylic acids is 1. The van der Waals surface area contributed by atoms with Gasteiger partial charge in [0.15, 0.2) is 5.82 Å². The van der Waals surface area contributed by atoms with E-state index in [9.17, 15) is 9.59 Å². The Morgan fingerprint density at radius 1 is 1.48 bits per heavy atom. The van der Waals surface area contributed by atoms with Gasteiger partial charge in [-0.15, -0.1) is 0 Å². The Labute approximate surface area is 123 Å². The van der Waals surface area contributed by atoms with Gasteiger partial charge in [0.25, 0.3) is 0 Å². The van der Waals surface area contributed by atoms with Gasteiger partial charge in [0.05, 0.1) is 5.92 Å². The zero-order chi connectivity index (χ0) is 15.4. The summed E-state index contributed by atoms with van der Waals surface area (Å²) in [5, 5.41) is 12.9. The SMILES string of the molecule is CC(C)c1noc(CCC(=O)N2CCC[C@@H](C(=O)O)C2)n1. The summed E-state index contributed by atoms with van der Waals surface area (Å²) < 4.78 is 5.10. The van der Waals surface area contributed by atoms with Crippen molar-refractivity contribution in [3.8, 4) is 0 Å². The van der Waals surface area contributed by atoms with Crippen molar-refractivity contribution in [3.05, 3.63) is 11.7 Å². The van der Waals surface area contributed by atoms with Gasteiger partial charge in [0, 0.05) is 31.8 Å². The number of carbonyl (C=O) groups excluding carboxylic acids is 1. The number of carboxylic acid groups (broad SMARTS) is 1. The fourth-order valence-electron chi connectivity index (χ4n) is 2.38. The highest BCUT2D eigenvalue weighted by atomic mass is 16.5. The summed E-state index contributed by atoms with van der Waals surface area (Å²) in [4.78, 5) is 29.0. The molecule has 2 heterocycles. The molecule has 0 unspecified atom stereocenters. The molecule has 1 fully saturated rings. The molecule has 0 bridgehead atoms. The van der Waals surface area contributed by atoms with Gasteiger partial charge in [-0.1, -0.05) is 19.0 Å². The number of likely N-dealkylation sites (tertiary alicyclic amines) is 1. The van der Waals surface area contributed by atoms with Crippen molar-refractivity contribution in [2.24, 2.45) is 5.92 Å². The Bertz CT molecular complexity index is 512. The number of hydrogen-bond acceptors (Lipinski definition) is 5. The molecular formula is C14H21N3O4. The highest BCUT2D eigenvalue weighted by Gasteiger charge is 2.28. The molecule has 1 aliphatic rings. The molecule has 0 radical (unpaired) electrons. The number of piperidine rings is 1. The third-order valence-corrected chi connectivity index (χ3v) is 3.68. The number of aryl methyl sites for hydroxylation is 1. The number of carbonyl (C=O) groups is 2. The fourth-order valence-corrected chi connectivity index (χ4v) is 2.38. The summed E-state index contributed by atoms with van der Waals surface area (Å²) in [6.45, 7) is 4.87. The minimum Gasteiger partial charge on any atom is -0.481 e. The highest BCUT2D eigenvalue weighted by molar-refractivity contribution is 5.78. The van der Waals surface area contributed by atoms with Crippen molar-refractivity contribution in [2.75, 3.05) is 13.1 Å². The van der Waals surface area contributed by atoms with Crippen molar-refractivity contribution in [3.63, 3.8) is 0 Å². The van der Waals surface area contributed by atoms with Gasteiger partial charge in [-0.3, -0.25) is 9.59 Å². The van der Waals surface area contributed by atoms with E-state index in [-0.39, 0.29) is 18.2 Å². The van der Waals surface area contributed by atoms with Crippen LogP contribution in [0.5, 0.6) is 0 Å². The molecule has 1 atom stereocenters. The molecule has 116 valence electrons. The lowest BCUT2D eigenvalue weighted by molar-refractivity contribution is -0.145. The summed E-state index contributed by atoms with van der Waals surface area (Å²) in [7, 11) is 0. The zero-order valence-electron chi connectivity index (χ0n) is 12.4. The van der Waals surface area contributed by atoms with Crippen LogP contribution >= 0.6 is 0 Å². The molecule has 1 N–H and O–H groups in total. The van der Waals surface area contributed by atoms with Gasteiger partial charge >= 0.3 is 5.97 Å². The third-order valence-electron chi connectivity index (χ3n) is 3.68. The minimum absolute atomic E-state index is 0.0507. The van der Waals surface area contributed by atoms with Gasteiger partial charge in [-0.2, -0.15) is 4.98 Å². The standard InChI is InChI=1S/C14H21N3O4/c1-9(2)13-15-11(21-16-13)5-6-12(18)17-7-3-4-10(8-17)14(19)20/h9-10H,3-8H2,1-2H3,(H,19,20)/t10-/m1/s1. The van der Waals surface area contributed by atoms with E-state index in [4.69, 9.17) is 9.63 Å². The molecule has 21 heavy (non-hydrogen) atoms. The van der Waals surface area contributed by atoms with Crippen LogP contribution in [0.3, 0.4) is 0 Å². The molecule has 1 aromatic rings. The van der Waals surface area contributed by atoms with Crippen LogP contribution in [0.25, 0.3) is 0 Å². The second-order valence-corrected chi connectivity index (χ2v) is 5.72. The lowest BCUT2D eigenvalue weighted by atomic mass is 9.98. The smallest absolute Gasteiger partial charge is 0.308 e. The first-order valence-corrected chi connectivity index (χ1v) is 7.30. The number of aromatic nitrogens is 2. The third kappa shape index (κ3) is 4.03. The second kappa shape index (κ2) is 6.69. The van der Waals surface area contributed by atoms with Crippen molar-refractivity contribution in [2.45, 2.75) is 45.4 Å². The maximum absolute atomic E-state index is 12.1. The van der Waals surface area contributed by atoms with Crippen molar-refractivity contribution >= 4 is 11.9 Å². The average molecular weight is 295 g/mol. The number of rotatable bonds is 5. The normalized spacial score (nSPS) is 19.0. The molecular weight excluding hydrogens is 274 g/mol. The number of carboxylic acids is 1. The van der Waals surface area contributed by atoms with Crippen LogP contribution in [0.15, 0.2) is 4.52 Å². The van der Waals surface area contributed by atoms with Crippen LogP contribution in [-0.4, -0.2) is 45.1 Å². The summed E-state index contributed by atoms with van der Waals surface area (Å²) >= 11 is 0. The van der Waals surface area contributed by atoms with Crippen molar-refractivity contribution in [1.82, 2.24) is 15.0 Å². The maximum atomic E-state index is 12.1. The molecule has 1 aliphatic heterocycles. The molecule has 1 aromatic heterocycles. The molecule has 1 saturated heterocycles. The molecule has 0 aliphatic carbocycles. The molecule has 1 amide bonds. The average Bonchev–Trinajstić information content (AvgIpc) is 2.94. The van der Waals surface area contributed by atoms with Crippen LogP contribution < -0.4 is 0 Å². The Kier molecular flexibility index (Phi) is 4.93. The summed E-state index contributed by atoms with van der Waals surface area (Å²) in [6, 6.07) is 0. The predicted octanol–water partition coefficient (Wildman–Crippen LogP) is 1.45. The van der Waals surface area contributed by atoms with E-state index in [1.165, 1.54) is 0 Å².